The molecule has 1 aliphatic heterocycles. The fourth-order valence-electron chi connectivity index (χ4n) is 2.45. The fourth-order valence-corrected chi connectivity index (χ4v) is 2.45. The zero-order valence-electron chi connectivity index (χ0n) is 12.6. The number of carbonyl (C=O) groups is 1. The molecule has 1 aromatic carbocycles. The van der Waals surface area contributed by atoms with Crippen LogP contribution in [0.2, 0.25) is 0 Å². The van der Waals surface area contributed by atoms with E-state index in [0.29, 0.717) is 29.2 Å². The molecule has 1 saturated heterocycles. The highest BCUT2D eigenvalue weighted by atomic mass is 16.5. The van der Waals surface area contributed by atoms with Crippen molar-refractivity contribution in [3.8, 4) is 17.6 Å². The van der Waals surface area contributed by atoms with Gasteiger partial charge in [0.1, 0.15) is 5.75 Å². The molecule has 112 valence electrons. The second-order valence-corrected chi connectivity index (χ2v) is 5.34. The van der Waals surface area contributed by atoms with Gasteiger partial charge in [0.05, 0.1) is 19.3 Å². The molecule has 2 rings (SSSR count). The number of aliphatic hydroxyl groups is 1. The molecule has 0 spiro atoms. The normalized spacial score (nSPS) is 17.3. The van der Waals surface area contributed by atoms with Crippen LogP contribution in [0.1, 0.15) is 35.7 Å². The van der Waals surface area contributed by atoms with E-state index in [2.05, 4.69) is 18.8 Å². The van der Waals surface area contributed by atoms with Crippen molar-refractivity contribution in [3.63, 3.8) is 0 Å². The van der Waals surface area contributed by atoms with Gasteiger partial charge >= 0.3 is 0 Å². The van der Waals surface area contributed by atoms with Crippen LogP contribution >= 0.6 is 0 Å². The van der Waals surface area contributed by atoms with E-state index in [0.717, 1.165) is 19.5 Å². The van der Waals surface area contributed by atoms with Gasteiger partial charge in [-0.3, -0.25) is 4.79 Å². The number of hydrogen-bond donors (Lipinski definition) is 1. The number of benzene rings is 1. The molecule has 0 bridgehead atoms. The van der Waals surface area contributed by atoms with Gasteiger partial charge in [0.25, 0.3) is 5.91 Å². The van der Waals surface area contributed by atoms with Crippen molar-refractivity contribution in [2.45, 2.75) is 19.8 Å². The zero-order valence-corrected chi connectivity index (χ0v) is 12.6. The fraction of sp³-hybridized carbons (Fsp3) is 0.471. The third kappa shape index (κ3) is 3.77. The smallest absolute Gasteiger partial charge is 0.253 e. The molecule has 0 radical (unpaired) electrons. The molecule has 1 heterocycles. The van der Waals surface area contributed by atoms with Crippen LogP contribution in [0.5, 0.6) is 5.75 Å². The Labute approximate surface area is 125 Å². The van der Waals surface area contributed by atoms with Gasteiger partial charge in [-0.05, 0) is 30.5 Å². The summed E-state index contributed by atoms with van der Waals surface area (Å²) < 4.78 is 5.26. The Morgan fingerprint density at radius 3 is 2.95 bits per heavy atom. The third-order valence-electron chi connectivity index (χ3n) is 3.62. The largest absolute Gasteiger partial charge is 0.495 e. The molecule has 1 atom stereocenters. The minimum atomic E-state index is 0.0274. The average Bonchev–Trinajstić information content (AvgIpc) is 2.93. The molecule has 1 aromatic rings. The number of methoxy groups -OCH3 is 1. The van der Waals surface area contributed by atoms with Crippen LogP contribution in [0.15, 0.2) is 18.2 Å². The van der Waals surface area contributed by atoms with Crippen LogP contribution in [-0.2, 0) is 0 Å². The number of nitrogens with zero attached hydrogens (tertiary/aromatic N) is 1. The van der Waals surface area contributed by atoms with E-state index in [4.69, 9.17) is 9.84 Å². The van der Waals surface area contributed by atoms with Gasteiger partial charge in [-0.1, -0.05) is 18.8 Å². The number of aliphatic hydroxyl groups excluding tert-OH is 1. The van der Waals surface area contributed by atoms with Crippen molar-refractivity contribution in [1.29, 1.82) is 0 Å². The molecule has 0 saturated carbocycles. The number of carbonyl (C=O) groups excluding carboxylic acids is 1. The summed E-state index contributed by atoms with van der Waals surface area (Å²) in [6.45, 7) is 3.82. The standard InChI is InChI=1S/C17H21NO3/c1-13-8-9-18(12-13)17(20)15-6-7-16(21-2)14(11-15)5-3-4-10-19/h6-7,11,13,19H,4,8-10,12H2,1-2H3. The lowest BCUT2D eigenvalue weighted by Crippen LogP contribution is -2.28. The van der Waals surface area contributed by atoms with Crippen molar-refractivity contribution in [3.05, 3.63) is 29.3 Å². The number of hydrogen-bond acceptors (Lipinski definition) is 3. The molecule has 0 aliphatic carbocycles. The summed E-state index contributed by atoms with van der Waals surface area (Å²) in [4.78, 5) is 14.4. The molecule has 21 heavy (non-hydrogen) atoms. The topological polar surface area (TPSA) is 49.8 Å². The SMILES string of the molecule is COc1ccc(C(=O)N2CCC(C)C2)cc1C#CCCO. The van der Waals surface area contributed by atoms with E-state index >= 15 is 0 Å². The average molecular weight is 287 g/mol. The second-order valence-electron chi connectivity index (χ2n) is 5.34. The van der Waals surface area contributed by atoms with Gasteiger partial charge in [0.2, 0.25) is 0 Å². The molecular formula is C17H21NO3. The molecule has 1 amide bonds. The van der Waals surface area contributed by atoms with Crippen LogP contribution in [-0.4, -0.2) is 42.7 Å². The molecule has 1 aliphatic rings. The Balaban J connectivity index is 2.23. The number of rotatable bonds is 3. The van der Waals surface area contributed by atoms with Gasteiger partial charge < -0.3 is 14.7 Å². The summed E-state index contributed by atoms with van der Waals surface area (Å²) in [7, 11) is 1.58. The Kier molecular flexibility index (Phi) is 5.24. The second kappa shape index (κ2) is 7.14. The van der Waals surface area contributed by atoms with E-state index in [1.807, 2.05) is 4.90 Å². The van der Waals surface area contributed by atoms with Crippen LogP contribution in [0, 0.1) is 17.8 Å². The molecule has 1 unspecified atom stereocenters. The number of amides is 1. The molecule has 4 nitrogen and oxygen atoms in total. The molecule has 0 aromatic heterocycles. The highest BCUT2D eigenvalue weighted by Gasteiger charge is 2.24. The molecule has 1 N–H and O–H groups in total. The first-order chi connectivity index (χ1) is 10.2. The summed E-state index contributed by atoms with van der Waals surface area (Å²) in [5, 5.41) is 8.79. The highest BCUT2D eigenvalue weighted by molar-refractivity contribution is 5.95. The van der Waals surface area contributed by atoms with Gasteiger partial charge in [-0.2, -0.15) is 0 Å². The van der Waals surface area contributed by atoms with Crippen LogP contribution in [0.3, 0.4) is 0 Å². The lowest BCUT2D eigenvalue weighted by Gasteiger charge is -2.16. The maximum Gasteiger partial charge on any atom is 0.253 e. The van der Waals surface area contributed by atoms with Crippen molar-refractivity contribution >= 4 is 5.91 Å². The first-order valence-corrected chi connectivity index (χ1v) is 7.22. The van der Waals surface area contributed by atoms with Crippen molar-refractivity contribution < 1.29 is 14.6 Å². The summed E-state index contributed by atoms with van der Waals surface area (Å²) in [6, 6.07) is 5.32. The zero-order chi connectivity index (χ0) is 15.2. The van der Waals surface area contributed by atoms with E-state index in [1.165, 1.54) is 0 Å². The lowest BCUT2D eigenvalue weighted by molar-refractivity contribution is 0.0788. The van der Waals surface area contributed by atoms with E-state index in [-0.39, 0.29) is 12.5 Å². The Bertz CT molecular complexity index is 571. The number of likely N-dealkylation sites (tertiary alicyclic amines) is 1. The summed E-state index contributed by atoms with van der Waals surface area (Å²) >= 11 is 0. The summed E-state index contributed by atoms with van der Waals surface area (Å²) in [5.74, 6) is 7.08. The van der Waals surface area contributed by atoms with Crippen molar-refractivity contribution in [2.75, 3.05) is 26.8 Å². The monoisotopic (exact) mass is 287 g/mol. The van der Waals surface area contributed by atoms with Gasteiger partial charge in [0, 0.05) is 25.1 Å². The van der Waals surface area contributed by atoms with Crippen LogP contribution in [0.25, 0.3) is 0 Å². The Morgan fingerprint density at radius 1 is 1.52 bits per heavy atom. The quantitative estimate of drug-likeness (QED) is 0.864. The maximum atomic E-state index is 12.5. The highest BCUT2D eigenvalue weighted by Crippen LogP contribution is 2.22. The molecule has 4 heteroatoms. The van der Waals surface area contributed by atoms with Gasteiger partial charge in [0.15, 0.2) is 0 Å². The Morgan fingerprint density at radius 2 is 2.33 bits per heavy atom. The summed E-state index contributed by atoms with van der Waals surface area (Å²) in [5.41, 5.74) is 1.32. The van der Waals surface area contributed by atoms with Crippen molar-refractivity contribution in [1.82, 2.24) is 4.90 Å². The van der Waals surface area contributed by atoms with E-state index in [9.17, 15) is 4.79 Å². The minimum absolute atomic E-state index is 0.0274. The third-order valence-corrected chi connectivity index (χ3v) is 3.62. The minimum Gasteiger partial charge on any atom is -0.495 e. The predicted octanol–water partition coefficient (Wildman–Crippen LogP) is 1.91. The maximum absolute atomic E-state index is 12.5. The lowest BCUT2D eigenvalue weighted by atomic mass is 10.1. The predicted molar refractivity (Wildman–Crippen MR) is 81.3 cm³/mol. The molecular weight excluding hydrogens is 266 g/mol. The van der Waals surface area contributed by atoms with E-state index < -0.39 is 0 Å². The van der Waals surface area contributed by atoms with Crippen molar-refractivity contribution in [2.24, 2.45) is 5.92 Å². The first kappa shape index (κ1) is 15.4. The van der Waals surface area contributed by atoms with Gasteiger partial charge in [-0.15, -0.1) is 0 Å². The van der Waals surface area contributed by atoms with E-state index in [1.54, 1.807) is 25.3 Å². The van der Waals surface area contributed by atoms with Gasteiger partial charge in [-0.25, -0.2) is 0 Å². The van der Waals surface area contributed by atoms with Crippen LogP contribution in [0.4, 0.5) is 0 Å². The number of ether oxygens (including phenoxy) is 1. The Hall–Kier alpha value is -1.99. The molecule has 1 fully saturated rings. The van der Waals surface area contributed by atoms with Crippen LogP contribution < -0.4 is 4.74 Å². The summed E-state index contributed by atoms with van der Waals surface area (Å²) in [6.07, 6.45) is 1.47. The first-order valence-electron chi connectivity index (χ1n) is 7.22.